The number of carbonyl (C=O) groups excluding carboxylic acids is 1. The number of thiophene rings is 1. The Kier molecular flexibility index (Phi) is 5.40. The molecule has 32 heavy (non-hydrogen) atoms. The summed E-state index contributed by atoms with van der Waals surface area (Å²) in [6.45, 7) is 7.95. The summed E-state index contributed by atoms with van der Waals surface area (Å²) in [5.74, 6) is 1.35. The van der Waals surface area contributed by atoms with Crippen LogP contribution in [0, 0.1) is 0 Å². The van der Waals surface area contributed by atoms with Gasteiger partial charge in [0, 0.05) is 31.1 Å². The molecule has 1 N–H and O–H groups in total. The monoisotopic (exact) mass is 457 g/mol. The Labute approximate surface area is 192 Å². The smallest absolute Gasteiger partial charge is 0.410 e. The lowest BCUT2D eigenvalue weighted by Crippen LogP contribution is -2.42. The van der Waals surface area contributed by atoms with E-state index in [0.717, 1.165) is 50.4 Å². The number of fused-ring (bicyclic) bond motifs is 1. The Morgan fingerprint density at radius 2 is 2.06 bits per heavy atom. The molecule has 1 saturated carbocycles. The molecule has 2 aromatic heterocycles. The fourth-order valence-corrected chi connectivity index (χ4v) is 5.96. The molecule has 172 valence electrons. The molecule has 0 spiro atoms. The zero-order valence-corrected chi connectivity index (χ0v) is 19.8. The third kappa shape index (κ3) is 4.10. The van der Waals surface area contributed by atoms with Crippen molar-refractivity contribution in [2.45, 2.75) is 76.4 Å². The Balaban J connectivity index is 1.37. The summed E-state index contributed by atoms with van der Waals surface area (Å²) in [6.07, 6.45) is 4.35. The van der Waals surface area contributed by atoms with E-state index in [1.165, 1.54) is 10.4 Å². The van der Waals surface area contributed by atoms with Crippen LogP contribution in [0.25, 0.3) is 0 Å². The summed E-state index contributed by atoms with van der Waals surface area (Å²) < 4.78 is 11.0. The number of aromatic nitrogens is 2. The number of carbonyl (C=O) groups is 1. The average molecular weight is 458 g/mol. The minimum absolute atomic E-state index is 0.134. The summed E-state index contributed by atoms with van der Waals surface area (Å²) in [6, 6.07) is 2.33. The number of ether oxygens (including phenoxy) is 2. The van der Waals surface area contributed by atoms with Crippen molar-refractivity contribution in [3.63, 3.8) is 0 Å². The topological polar surface area (TPSA) is 84.5 Å². The summed E-state index contributed by atoms with van der Waals surface area (Å²) in [7, 11) is 0. The van der Waals surface area contributed by atoms with Crippen LogP contribution in [-0.4, -0.2) is 46.3 Å². The molecule has 8 heteroatoms. The third-order valence-corrected chi connectivity index (χ3v) is 7.86. The van der Waals surface area contributed by atoms with Crippen molar-refractivity contribution in [2.75, 3.05) is 19.8 Å². The van der Waals surface area contributed by atoms with Crippen LogP contribution in [0.2, 0.25) is 0 Å². The molecule has 1 amide bonds. The maximum atomic E-state index is 13.0. The van der Waals surface area contributed by atoms with Gasteiger partial charge in [0.05, 0.1) is 23.2 Å². The van der Waals surface area contributed by atoms with E-state index in [1.54, 1.807) is 16.2 Å². The van der Waals surface area contributed by atoms with E-state index in [0.29, 0.717) is 24.4 Å². The Bertz CT molecular complexity index is 1070. The minimum Gasteiger partial charge on any atom is -0.444 e. The quantitative estimate of drug-likeness (QED) is 0.750. The first-order valence-electron chi connectivity index (χ1n) is 11.5. The van der Waals surface area contributed by atoms with Crippen LogP contribution >= 0.6 is 11.3 Å². The zero-order chi connectivity index (χ0) is 22.5. The molecule has 2 aromatic rings. The summed E-state index contributed by atoms with van der Waals surface area (Å²) >= 11 is 1.79. The molecule has 1 aliphatic carbocycles. The van der Waals surface area contributed by atoms with Crippen LogP contribution < -0.4 is 5.56 Å². The fourth-order valence-electron chi connectivity index (χ4n) is 4.71. The van der Waals surface area contributed by atoms with Gasteiger partial charge in [0.1, 0.15) is 11.4 Å². The highest BCUT2D eigenvalue weighted by Crippen LogP contribution is 2.54. The third-order valence-electron chi connectivity index (χ3n) is 6.71. The predicted molar refractivity (Wildman–Crippen MR) is 122 cm³/mol. The van der Waals surface area contributed by atoms with Gasteiger partial charge in [-0.1, -0.05) is 0 Å². The van der Waals surface area contributed by atoms with Crippen LogP contribution in [0.5, 0.6) is 0 Å². The molecule has 3 aliphatic rings. The van der Waals surface area contributed by atoms with Gasteiger partial charge in [-0.25, -0.2) is 9.78 Å². The van der Waals surface area contributed by atoms with E-state index in [1.807, 2.05) is 20.8 Å². The van der Waals surface area contributed by atoms with Gasteiger partial charge in [-0.15, -0.1) is 11.3 Å². The van der Waals surface area contributed by atoms with Crippen LogP contribution in [-0.2, 0) is 27.9 Å². The van der Waals surface area contributed by atoms with Crippen molar-refractivity contribution in [1.82, 2.24) is 14.9 Å². The maximum Gasteiger partial charge on any atom is 0.410 e. The highest BCUT2D eigenvalue weighted by Gasteiger charge is 2.50. The Hall–Kier alpha value is -2.19. The number of hydrogen-bond acceptors (Lipinski definition) is 6. The fraction of sp³-hybridized carbons (Fsp3) is 0.625. The first-order chi connectivity index (χ1) is 15.2. The molecule has 0 atom stereocenters. The highest BCUT2D eigenvalue weighted by atomic mass is 32.1. The molecule has 0 unspecified atom stereocenters. The van der Waals surface area contributed by atoms with Gasteiger partial charge in [0.2, 0.25) is 0 Å². The maximum absolute atomic E-state index is 13.0. The van der Waals surface area contributed by atoms with Crippen LogP contribution in [0.1, 0.15) is 79.9 Å². The lowest BCUT2D eigenvalue weighted by atomic mass is 9.92. The number of hydrogen-bond donors (Lipinski definition) is 1. The largest absolute Gasteiger partial charge is 0.444 e. The molecule has 4 heterocycles. The number of rotatable bonds is 3. The van der Waals surface area contributed by atoms with Gasteiger partial charge in [0.25, 0.3) is 5.56 Å². The molecule has 7 nitrogen and oxygen atoms in total. The highest BCUT2D eigenvalue weighted by molar-refractivity contribution is 7.10. The number of amides is 1. The summed E-state index contributed by atoms with van der Waals surface area (Å²) in [5.41, 5.74) is 1.93. The first kappa shape index (κ1) is 21.6. The average Bonchev–Trinajstić information content (AvgIpc) is 3.42. The van der Waals surface area contributed by atoms with Crippen molar-refractivity contribution in [1.29, 1.82) is 0 Å². The normalized spacial score (nSPS) is 20.7. The van der Waals surface area contributed by atoms with Gasteiger partial charge in [-0.3, -0.25) is 4.79 Å². The molecule has 1 saturated heterocycles. The van der Waals surface area contributed by atoms with Crippen molar-refractivity contribution in [3.05, 3.63) is 49.3 Å². The molecule has 5 rings (SSSR count). The van der Waals surface area contributed by atoms with Gasteiger partial charge >= 0.3 is 6.09 Å². The zero-order valence-electron chi connectivity index (χ0n) is 19.0. The lowest BCUT2D eigenvalue weighted by Gasteiger charge is -2.30. The van der Waals surface area contributed by atoms with Crippen LogP contribution in [0.4, 0.5) is 4.79 Å². The molecular weight excluding hydrogens is 426 g/mol. The van der Waals surface area contributed by atoms with E-state index in [2.05, 4.69) is 16.4 Å². The van der Waals surface area contributed by atoms with Gasteiger partial charge in [-0.2, -0.15) is 0 Å². The van der Waals surface area contributed by atoms with Crippen LogP contribution in [0.3, 0.4) is 0 Å². The molecule has 0 aromatic carbocycles. The van der Waals surface area contributed by atoms with E-state index in [9.17, 15) is 9.59 Å². The molecule has 0 radical (unpaired) electrons. The van der Waals surface area contributed by atoms with Crippen molar-refractivity contribution < 1.29 is 14.3 Å². The van der Waals surface area contributed by atoms with Gasteiger partial charge < -0.3 is 19.4 Å². The first-order valence-corrected chi connectivity index (χ1v) is 12.4. The van der Waals surface area contributed by atoms with Crippen LogP contribution in [0.15, 0.2) is 16.2 Å². The van der Waals surface area contributed by atoms with E-state index >= 15 is 0 Å². The second-order valence-corrected chi connectivity index (χ2v) is 11.1. The van der Waals surface area contributed by atoms with E-state index < -0.39 is 5.60 Å². The van der Waals surface area contributed by atoms with Crippen molar-refractivity contribution in [2.24, 2.45) is 0 Å². The van der Waals surface area contributed by atoms with E-state index in [-0.39, 0.29) is 23.6 Å². The Morgan fingerprint density at radius 3 is 2.75 bits per heavy atom. The second kappa shape index (κ2) is 7.99. The number of H-pyrrole nitrogens is 1. The standard InChI is InChI=1S/C24H31N3O4S/c1-23(2,3)31-22(29)27-9-4-18-17(13-27)20(28)26-21(25-18)24(7-8-24)19-12-16(14-32-19)15-5-10-30-11-6-15/h12,14-15H,4-11,13H2,1-3H3,(H,25,26,28). The molecule has 0 bridgehead atoms. The number of nitrogens with zero attached hydrogens (tertiary/aromatic N) is 2. The molecular formula is C24H31N3O4S. The van der Waals surface area contributed by atoms with Gasteiger partial charge in [0.15, 0.2) is 0 Å². The minimum atomic E-state index is -0.561. The lowest BCUT2D eigenvalue weighted by molar-refractivity contribution is 0.0221. The Morgan fingerprint density at radius 1 is 1.31 bits per heavy atom. The predicted octanol–water partition coefficient (Wildman–Crippen LogP) is 4.10. The van der Waals surface area contributed by atoms with E-state index in [4.69, 9.17) is 14.5 Å². The molecule has 2 fully saturated rings. The summed E-state index contributed by atoms with van der Waals surface area (Å²) in [4.78, 5) is 36.4. The SMILES string of the molecule is CC(C)(C)OC(=O)N1CCc2nc(C3(c4cc(C5CCOCC5)cs4)CC3)[nH]c(=O)c2C1. The van der Waals surface area contributed by atoms with Crippen molar-refractivity contribution in [3.8, 4) is 0 Å². The number of aromatic amines is 1. The summed E-state index contributed by atoms with van der Waals surface area (Å²) in [5, 5.41) is 2.28. The second-order valence-electron chi connectivity index (χ2n) is 10.2. The number of nitrogens with one attached hydrogen (secondary N) is 1. The van der Waals surface area contributed by atoms with Crippen molar-refractivity contribution >= 4 is 17.4 Å². The van der Waals surface area contributed by atoms with Gasteiger partial charge in [-0.05, 0) is 69.4 Å². The molecule has 2 aliphatic heterocycles.